The summed E-state index contributed by atoms with van der Waals surface area (Å²) in [5.74, 6) is 0. The molecular formula is C19H20Br4. The molecule has 0 heterocycles. The van der Waals surface area contributed by atoms with E-state index < -0.39 is 0 Å². The molecule has 0 aliphatic rings. The van der Waals surface area contributed by atoms with Crippen molar-refractivity contribution in [3.63, 3.8) is 0 Å². The van der Waals surface area contributed by atoms with E-state index in [2.05, 4.69) is 105 Å². The SMILES string of the molecule is CCc1c(C)c(C)c(Br)c(-c2c(Br)c(C)c(C)c(C)c2Br)c1Br. The van der Waals surface area contributed by atoms with Gasteiger partial charge in [0.1, 0.15) is 0 Å². The number of rotatable bonds is 2. The van der Waals surface area contributed by atoms with E-state index in [1.807, 2.05) is 0 Å². The quantitative estimate of drug-likeness (QED) is 0.341. The Balaban J connectivity index is 3.03. The smallest absolute Gasteiger partial charge is 0.0300 e. The van der Waals surface area contributed by atoms with Crippen LogP contribution in [0.25, 0.3) is 11.1 Å². The molecule has 0 amide bonds. The van der Waals surface area contributed by atoms with Crippen LogP contribution in [0.3, 0.4) is 0 Å². The van der Waals surface area contributed by atoms with Crippen LogP contribution >= 0.6 is 63.7 Å². The van der Waals surface area contributed by atoms with E-state index >= 15 is 0 Å². The van der Waals surface area contributed by atoms with Crippen molar-refractivity contribution in [2.24, 2.45) is 0 Å². The minimum Gasteiger partial charge on any atom is -0.0612 e. The number of hydrogen-bond donors (Lipinski definition) is 0. The predicted molar refractivity (Wildman–Crippen MR) is 116 cm³/mol. The van der Waals surface area contributed by atoms with Gasteiger partial charge in [-0.15, -0.1) is 0 Å². The highest BCUT2D eigenvalue weighted by atomic mass is 79.9. The van der Waals surface area contributed by atoms with Crippen LogP contribution in [0.5, 0.6) is 0 Å². The zero-order valence-electron chi connectivity index (χ0n) is 14.2. The van der Waals surface area contributed by atoms with E-state index in [4.69, 9.17) is 0 Å². The highest BCUT2D eigenvalue weighted by molar-refractivity contribution is 9.11. The summed E-state index contributed by atoms with van der Waals surface area (Å²) in [5, 5.41) is 0. The van der Waals surface area contributed by atoms with Gasteiger partial charge in [-0.05, 0) is 138 Å². The van der Waals surface area contributed by atoms with Crippen LogP contribution in [0.4, 0.5) is 0 Å². The van der Waals surface area contributed by atoms with Crippen LogP contribution in [-0.2, 0) is 6.42 Å². The van der Waals surface area contributed by atoms with Gasteiger partial charge in [0.2, 0.25) is 0 Å². The summed E-state index contributed by atoms with van der Waals surface area (Å²) in [4.78, 5) is 0. The molecule has 0 unspecified atom stereocenters. The Hall–Kier alpha value is 0.360. The second-order valence-corrected chi connectivity index (χ2v) is 9.14. The van der Waals surface area contributed by atoms with Crippen molar-refractivity contribution in [2.75, 3.05) is 0 Å². The molecule has 0 saturated carbocycles. The monoisotopic (exact) mass is 564 g/mol. The van der Waals surface area contributed by atoms with Gasteiger partial charge in [0.05, 0.1) is 0 Å². The van der Waals surface area contributed by atoms with Crippen molar-refractivity contribution in [2.45, 2.75) is 48.0 Å². The lowest BCUT2D eigenvalue weighted by Gasteiger charge is -2.22. The molecule has 124 valence electrons. The topological polar surface area (TPSA) is 0 Å². The summed E-state index contributed by atoms with van der Waals surface area (Å²) in [6, 6.07) is 0. The van der Waals surface area contributed by atoms with Crippen molar-refractivity contribution in [1.82, 2.24) is 0 Å². The summed E-state index contributed by atoms with van der Waals surface area (Å²) in [6.45, 7) is 13.1. The van der Waals surface area contributed by atoms with Crippen molar-refractivity contribution in [3.05, 3.63) is 51.3 Å². The molecule has 0 radical (unpaired) electrons. The largest absolute Gasteiger partial charge is 0.0612 e. The van der Waals surface area contributed by atoms with Crippen LogP contribution in [0.2, 0.25) is 0 Å². The molecule has 0 aromatic heterocycles. The first-order valence-corrected chi connectivity index (χ1v) is 10.7. The minimum absolute atomic E-state index is 1.01. The van der Waals surface area contributed by atoms with E-state index in [9.17, 15) is 0 Å². The molecule has 2 aromatic rings. The summed E-state index contributed by atoms with van der Waals surface area (Å²) < 4.78 is 4.64. The van der Waals surface area contributed by atoms with Crippen LogP contribution in [0.1, 0.15) is 40.3 Å². The van der Waals surface area contributed by atoms with Crippen molar-refractivity contribution in [1.29, 1.82) is 0 Å². The normalized spacial score (nSPS) is 11.2. The first kappa shape index (κ1) is 19.7. The van der Waals surface area contributed by atoms with Gasteiger partial charge in [-0.25, -0.2) is 0 Å². The maximum absolute atomic E-state index is 3.88. The van der Waals surface area contributed by atoms with Gasteiger partial charge in [-0.2, -0.15) is 0 Å². The minimum atomic E-state index is 1.01. The van der Waals surface area contributed by atoms with Gasteiger partial charge in [-0.1, -0.05) is 6.92 Å². The molecule has 0 fully saturated rings. The lowest BCUT2D eigenvalue weighted by atomic mass is 9.91. The standard InChI is InChI=1S/C19H20Br4/c1-7-13-9(3)12(6)18(22)15(19(13)23)14-16(20)10(4)8(2)11(5)17(14)21/h7H2,1-6H3. The van der Waals surface area contributed by atoms with Crippen LogP contribution in [0.15, 0.2) is 17.9 Å². The van der Waals surface area contributed by atoms with Crippen molar-refractivity contribution < 1.29 is 0 Å². The van der Waals surface area contributed by atoms with Crippen LogP contribution < -0.4 is 0 Å². The third-order valence-corrected chi connectivity index (χ3v) is 8.72. The third-order valence-electron chi connectivity index (χ3n) is 4.87. The molecule has 0 aliphatic heterocycles. The molecule has 0 saturated heterocycles. The Labute approximate surface area is 173 Å². The highest BCUT2D eigenvalue weighted by Crippen LogP contribution is 2.49. The second-order valence-electron chi connectivity index (χ2n) is 5.96. The zero-order chi connectivity index (χ0) is 17.6. The molecular weight excluding hydrogens is 548 g/mol. The molecule has 0 bridgehead atoms. The lowest BCUT2D eigenvalue weighted by molar-refractivity contribution is 1.08. The molecule has 0 atom stereocenters. The van der Waals surface area contributed by atoms with E-state index in [1.54, 1.807) is 0 Å². The Kier molecular flexibility index (Phi) is 6.25. The molecule has 0 spiro atoms. The van der Waals surface area contributed by atoms with Gasteiger partial charge in [0, 0.05) is 29.0 Å². The van der Waals surface area contributed by atoms with Gasteiger partial charge in [0.25, 0.3) is 0 Å². The van der Waals surface area contributed by atoms with Crippen LogP contribution in [0, 0.1) is 34.6 Å². The average Bonchev–Trinajstić information content (AvgIpc) is 2.52. The van der Waals surface area contributed by atoms with Crippen molar-refractivity contribution in [3.8, 4) is 11.1 Å². The fourth-order valence-corrected chi connectivity index (χ4v) is 6.52. The summed E-state index contributed by atoms with van der Waals surface area (Å²) in [7, 11) is 0. The van der Waals surface area contributed by atoms with Crippen LogP contribution in [-0.4, -0.2) is 0 Å². The highest BCUT2D eigenvalue weighted by Gasteiger charge is 2.23. The molecule has 2 rings (SSSR count). The second kappa shape index (κ2) is 7.31. The van der Waals surface area contributed by atoms with E-state index in [0.717, 1.165) is 19.8 Å². The Morgan fingerprint density at radius 2 is 0.870 bits per heavy atom. The first-order chi connectivity index (χ1) is 10.6. The fourth-order valence-electron chi connectivity index (χ4n) is 2.93. The maximum Gasteiger partial charge on any atom is 0.0300 e. The summed E-state index contributed by atoms with van der Waals surface area (Å²) in [5.41, 5.74) is 10.3. The number of hydrogen-bond acceptors (Lipinski definition) is 0. The number of halogens is 4. The molecule has 23 heavy (non-hydrogen) atoms. The van der Waals surface area contributed by atoms with E-state index in [0.29, 0.717) is 0 Å². The molecule has 4 heteroatoms. The number of benzene rings is 2. The molecule has 0 aliphatic carbocycles. The van der Waals surface area contributed by atoms with Gasteiger partial charge < -0.3 is 0 Å². The lowest BCUT2D eigenvalue weighted by Crippen LogP contribution is -2.01. The first-order valence-electron chi connectivity index (χ1n) is 7.57. The molecule has 0 N–H and O–H groups in total. The summed E-state index contributed by atoms with van der Waals surface area (Å²) in [6.07, 6.45) is 1.01. The van der Waals surface area contributed by atoms with Gasteiger partial charge >= 0.3 is 0 Å². The summed E-state index contributed by atoms with van der Waals surface area (Å²) >= 11 is 15.4. The van der Waals surface area contributed by atoms with E-state index in [-0.39, 0.29) is 0 Å². The Bertz CT molecular complexity index is 775. The maximum atomic E-state index is 3.88. The Morgan fingerprint density at radius 3 is 1.26 bits per heavy atom. The average molecular weight is 568 g/mol. The Morgan fingerprint density at radius 1 is 0.522 bits per heavy atom. The predicted octanol–water partition coefficient (Wildman–Crippen LogP) is 8.51. The van der Waals surface area contributed by atoms with Crippen molar-refractivity contribution >= 4 is 63.7 Å². The third kappa shape index (κ3) is 3.14. The fraction of sp³-hybridized carbons (Fsp3) is 0.368. The molecule has 0 nitrogen and oxygen atoms in total. The van der Waals surface area contributed by atoms with E-state index in [1.165, 1.54) is 49.0 Å². The molecule has 2 aromatic carbocycles. The zero-order valence-corrected chi connectivity index (χ0v) is 20.6. The van der Waals surface area contributed by atoms with Gasteiger partial charge in [-0.3, -0.25) is 0 Å². The van der Waals surface area contributed by atoms with Gasteiger partial charge in [0.15, 0.2) is 0 Å².